The molecule has 0 aliphatic carbocycles. The smallest absolute Gasteiger partial charge is 0.290 e. The molecule has 1 aromatic carbocycles. The second kappa shape index (κ2) is 7.27. The summed E-state index contributed by atoms with van der Waals surface area (Å²) in [5.74, 6) is 0.0400. The highest BCUT2D eigenvalue weighted by Crippen LogP contribution is 2.25. The zero-order valence-electron chi connectivity index (χ0n) is 14.9. The van der Waals surface area contributed by atoms with E-state index in [9.17, 15) is 13.6 Å². The molecular weight excluding hydrogens is 388 g/mol. The van der Waals surface area contributed by atoms with Crippen LogP contribution in [0.4, 0.5) is 8.78 Å². The van der Waals surface area contributed by atoms with E-state index in [2.05, 4.69) is 15.0 Å². The van der Waals surface area contributed by atoms with Crippen LogP contribution in [0, 0.1) is 6.92 Å². The largest absolute Gasteiger partial charge is 0.330 e. The van der Waals surface area contributed by atoms with Crippen LogP contribution >= 0.6 is 11.6 Å². The van der Waals surface area contributed by atoms with Crippen molar-refractivity contribution in [1.82, 2.24) is 24.4 Å². The van der Waals surface area contributed by atoms with Crippen molar-refractivity contribution in [3.05, 3.63) is 64.5 Å². The first-order valence-electron chi connectivity index (χ1n) is 8.65. The van der Waals surface area contributed by atoms with Crippen molar-refractivity contribution >= 4 is 17.5 Å². The summed E-state index contributed by atoms with van der Waals surface area (Å²) in [5.41, 5.74) is 2.53. The van der Waals surface area contributed by atoms with Gasteiger partial charge in [0.25, 0.3) is 12.3 Å². The number of rotatable bonds is 4. The van der Waals surface area contributed by atoms with Gasteiger partial charge in [0, 0.05) is 37.6 Å². The minimum Gasteiger partial charge on any atom is -0.330 e. The number of hydrogen-bond acceptors (Lipinski definition) is 4. The Bertz CT molecular complexity index is 1050. The molecule has 4 rings (SSSR count). The zero-order valence-corrected chi connectivity index (χ0v) is 15.7. The number of carbonyl (C=O) groups excluding carboxylic acids is 1. The molecule has 3 aromatic rings. The zero-order chi connectivity index (χ0) is 19.8. The third-order valence-electron chi connectivity index (χ3n) is 4.63. The van der Waals surface area contributed by atoms with E-state index in [1.807, 2.05) is 6.92 Å². The second-order valence-corrected chi connectivity index (χ2v) is 6.92. The Hall–Kier alpha value is -2.87. The number of aryl methyl sites for hydroxylation is 1. The van der Waals surface area contributed by atoms with Gasteiger partial charge in [-0.15, -0.1) is 0 Å². The number of alkyl halides is 2. The van der Waals surface area contributed by atoms with E-state index in [1.165, 1.54) is 12.1 Å². The van der Waals surface area contributed by atoms with Crippen molar-refractivity contribution in [2.24, 2.45) is 0 Å². The number of hydrogen-bond donors (Lipinski definition) is 0. The maximum absolute atomic E-state index is 12.9. The molecule has 1 aliphatic heterocycles. The molecule has 0 fully saturated rings. The van der Waals surface area contributed by atoms with Crippen LogP contribution in [0.25, 0.3) is 11.4 Å². The van der Waals surface area contributed by atoms with Crippen LogP contribution in [0.2, 0.25) is 5.28 Å². The van der Waals surface area contributed by atoms with Crippen LogP contribution < -0.4 is 0 Å². The molecule has 3 heterocycles. The lowest BCUT2D eigenvalue weighted by atomic mass is 10.1. The summed E-state index contributed by atoms with van der Waals surface area (Å²) in [6, 6.07) is 6.11. The van der Waals surface area contributed by atoms with E-state index in [4.69, 9.17) is 11.6 Å². The van der Waals surface area contributed by atoms with E-state index >= 15 is 0 Å². The Morgan fingerprint density at radius 2 is 2.07 bits per heavy atom. The summed E-state index contributed by atoms with van der Waals surface area (Å²) in [7, 11) is 0. The molecule has 2 aromatic heterocycles. The first-order chi connectivity index (χ1) is 13.4. The molecule has 0 saturated carbocycles. The Kier molecular flexibility index (Phi) is 4.80. The summed E-state index contributed by atoms with van der Waals surface area (Å²) in [5, 5.41) is 0.110. The lowest BCUT2D eigenvalue weighted by Crippen LogP contribution is -2.39. The van der Waals surface area contributed by atoms with Gasteiger partial charge in [-0.05, 0) is 35.7 Å². The quantitative estimate of drug-likeness (QED) is 0.620. The standard InChI is InChI=1S/C19H16ClF2N5O/c1-11-8-23-19(20)25-15(11)14-10-26-5-6-27(18(28)17(26)24-14)9-12-3-2-4-13(7-12)16(21)22/h2-4,7-8,10,16H,5-6,9H2,1H3. The first-order valence-corrected chi connectivity index (χ1v) is 9.03. The molecule has 6 nitrogen and oxygen atoms in total. The number of carbonyl (C=O) groups is 1. The van der Waals surface area contributed by atoms with Gasteiger partial charge in [-0.2, -0.15) is 0 Å². The van der Waals surface area contributed by atoms with Crippen LogP contribution in [0.15, 0.2) is 36.7 Å². The van der Waals surface area contributed by atoms with Crippen molar-refractivity contribution in [2.45, 2.75) is 26.4 Å². The third kappa shape index (κ3) is 3.47. The molecule has 0 bridgehead atoms. The van der Waals surface area contributed by atoms with Crippen molar-refractivity contribution in [3.63, 3.8) is 0 Å². The summed E-state index contributed by atoms with van der Waals surface area (Å²) < 4.78 is 27.6. The number of halogens is 3. The minimum absolute atomic E-state index is 0.0538. The van der Waals surface area contributed by atoms with Gasteiger partial charge in [0.2, 0.25) is 5.28 Å². The summed E-state index contributed by atoms with van der Waals surface area (Å²) in [6.45, 7) is 3.11. The molecule has 0 N–H and O–H groups in total. The molecule has 1 amide bonds. The fourth-order valence-electron chi connectivity index (χ4n) is 3.22. The monoisotopic (exact) mass is 403 g/mol. The van der Waals surface area contributed by atoms with E-state index < -0.39 is 6.43 Å². The van der Waals surface area contributed by atoms with Gasteiger partial charge in [-0.25, -0.2) is 23.7 Å². The number of benzene rings is 1. The van der Waals surface area contributed by atoms with Crippen molar-refractivity contribution < 1.29 is 13.6 Å². The van der Waals surface area contributed by atoms with Crippen LogP contribution in [-0.2, 0) is 13.1 Å². The molecular formula is C19H16ClF2N5O. The summed E-state index contributed by atoms with van der Waals surface area (Å²) in [4.78, 5) is 27.1. The number of imidazole rings is 1. The van der Waals surface area contributed by atoms with Gasteiger partial charge in [0.05, 0.1) is 5.69 Å². The molecule has 0 spiro atoms. The molecule has 0 saturated heterocycles. The Morgan fingerprint density at radius 3 is 2.86 bits per heavy atom. The second-order valence-electron chi connectivity index (χ2n) is 6.59. The minimum atomic E-state index is -2.54. The van der Waals surface area contributed by atoms with Gasteiger partial charge in [-0.3, -0.25) is 4.79 Å². The van der Waals surface area contributed by atoms with Gasteiger partial charge in [-0.1, -0.05) is 18.2 Å². The number of nitrogens with zero attached hydrogens (tertiary/aromatic N) is 5. The maximum atomic E-state index is 12.9. The van der Waals surface area contributed by atoms with E-state index in [0.29, 0.717) is 35.9 Å². The van der Waals surface area contributed by atoms with Crippen LogP contribution in [0.5, 0.6) is 0 Å². The average molecular weight is 404 g/mol. The van der Waals surface area contributed by atoms with Crippen molar-refractivity contribution in [3.8, 4) is 11.4 Å². The normalized spacial score (nSPS) is 13.9. The molecule has 0 radical (unpaired) electrons. The SMILES string of the molecule is Cc1cnc(Cl)nc1-c1cn2c(n1)C(=O)N(Cc1cccc(C(F)F)c1)CC2. The van der Waals surface area contributed by atoms with E-state index in [-0.39, 0.29) is 23.3 Å². The van der Waals surface area contributed by atoms with Crippen LogP contribution in [0.3, 0.4) is 0 Å². The number of fused-ring (bicyclic) bond motifs is 1. The molecule has 9 heteroatoms. The maximum Gasteiger partial charge on any atom is 0.290 e. The third-order valence-corrected chi connectivity index (χ3v) is 4.81. The molecule has 0 unspecified atom stereocenters. The van der Waals surface area contributed by atoms with E-state index in [0.717, 1.165) is 5.56 Å². The number of aromatic nitrogens is 4. The first kappa shape index (κ1) is 18.5. The van der Waals surface area contributed by atoms with Crippen LogP contribution in [-0.4, -0.2) is 36.9 Å². The van der Waals surface area contributed by atoms with Gasteiger partial charge < -0.3 is 9.47 Å². The summed E-state index contributed by atoms with van der Waals surface area (Å²) in [6.07, 6.45) is 0.835. The predicted molar refractivity (Wildman–Crippen MR) is 99.1 cm³/mol. The number of amides is 1. The topological polar surface area (TPSA) is 63.9 Å². The molecule has 28 heavy (non-hydrogen) atoms. The van der Waals surface area contributed by atoms with Crippen molar-refractivity contribution in [1.29, 1.82) is 0 Å². The Morgan fingerprint density at radius 1 is 1.25 bits per heavy atom. The lowest BCUT2D eigenvalue weighted by Gasteiger charge is -2.27. The predicted octanol–water partition coefficient (Wildman–Crippen LogP) is 3.90. The van der Waals surface area contributed by atoms with Crippen molar-refractivity contribution in [2.75, 3.05) is 6.54 Å². The molecule has 1 aliphatic rings. The van der Waals surface area contributed by atoms with Gasteiger partial charge in [0.15, 0.2) is 5.82 Å². The lowest BCUT2D eigenvalue weighted by molar-refractivity contribution is 0.0683. The summed E-state index contributed by atoms with van der Waals surface area (Å²) >= 11 is 5.89. The average Bonchev–Trinajstić information content (AvgIpc) is 3.11. The van der Waals surface area contributed by atoms with Gasteiger partial charge in [0.1, 0.15) is 5.69 Å². The fraction of sp³-hybridized carbons (Fsp3) is 0.263. The van der Waals surface area contributed by atoms with Crippen LogP contribution in [0.1, 0.15) is 33.7 Å². The molecule has 0 atom stereocenters. The highest BCUT2D eigenvalue weighted by atomic mass is 35.5. The highest BCUT2D eigenvalue weighted by Gasteiger charge is 2.28. The van der Waals surface area contributed by atoms with Gasteiger partial charge >= 0.3 is 0 Å². The Labute approximate surface area is 164 Å². The van der Waals surface area contributed by atoms with E-state index in [1.54, 1.807) is 34.0 Å². The molecule has 144 valence electrons. The fourth-order valence-corrected chi connectivity index (χ4v) is 3.35. The highest BCUT2D eigenvalue weighted by molar-refractivity contribution is 6.28. The Balaban J connectivity index is 1.60.